The van der Waals surface area contributed by atoms with Crippen LogP contribution in [-0.2, 0) is 0 Å². The molecule has 0 aliphatic carbocycles. The zero-order chi connectivity index (χ0) is 18.1. The van der Waals surface area contributed by atoms with Gasteiger partial charge in [0.05, 0.1) is 11.3 Å². The Labute approximate surface area is 145 Å². The van der Waals surface area contributed by atoms with Crippen LogP contribution in [0.2, 0.25) is 0 Å². The molecule has 128 valence electrons. The van der Waals surface area contributed by atoms with Crippen LogP contribution in [0, 0.1) is 20.8 Å². The summed E-state index contributed by atoms with van der Waals surface area (Å²) in [7, 11) is 0. The number of nitrogens with zero attached hydrogens (tertiary/aromatic N) is 4. The Kier molecular flexibility index (Phi) is 3.17. The van der Waals surface area contributed by atoms with Crippen LogP contribution >= 0.6 is 0 Å². The van der Waals surface area contributed by atoms with E-state index in [9.17, 15) is 0 Å². The van der Waals surface area contributed by atoms with Gasteiger partial charge in [0.2, 0.25) is 0 Å². The first-order chi connectivity index (χ1) is 11.7. The van der Waals surface area contributed by atoms with E-state index in [1.54, 1.807) is 33.0 Å². The molecule has 0 saturated heterocycles. The highest BCUT2D eigenvalue weighted by Crippen LogP contribution is 2.43. The van der Waals surface area contributed by atoms with Gasteiger partial charge in [0.15, 0.2) is 5.70 Å². The molecule has 0 fully saturated rings. The van der Waals surface area contributed by atoms with Crippen molar-refractivity contribution in [3.63, 3.8) is 0 Å². The third kappa shape index (κ3) is 2.01. The summed E-state index contributed by atoms with van der Waals surface area (Å²) in [5.41, 5.74) is 5.28. The van der Waals surface area contributed by atoms with Crippen LogP contribution in [0.25, 0.3) is 5.57 Å². The molecule has 0 unspecified atom stereocenters. The summed E-state index contributed by atoms with van der Waals surface area (Å²) in [4.78, 5) is 8.68. The topological polar surface area (TPSA) is 33.7 Å². The molecular formula is C18H19BF2N4. The van der Waals surface area contributed by atoms with Gasteiger partial charge in [-0.05, 0) is 51.1 Å². The predicted molar refractivity (Wildman–Crippen MR) is 94.8 cm³/mol. The number of fused-ring (bicyclic) bond motifs is 2. The number of rotatable bonds is 1. The van der Waals surface area contributed by atoms with Gasteiger partial charge < -0.3 is 17.6 Å². The summed E-state index contributed by atoms with van der Waals surface area (Å²) < 4.78 is 33.3. The fourth-order valence-electron chi connectivity index (χ4n) is 4.14. The smallest absolute Gasteiger partial charge is 0.393 e. The number of hydrogen-bond acceptors (Lipinski definition) is 2. The first-order valence-electron chi connectivity index (χ1n) is 8.30. The molecule has 2 aromatic rings. The molecule has 4 heterocycles. The summed E-state index contributed by atoms with van der Waals surface area (Å²) in [6.07, 6.45) is 3.49. The fourth-order valence-corrected chi connectivity index (χ4v) is 4.14. The van der Waals surface area contributed by atoms with E-state index >= 15 is 8.63 Å². The van der Waals surface area contributed by atoms with Crippen LogP contribution in [0.4, 0.5) is 8.63 Å². The molecule has 2 aromatic heterocycles. The molecule has 0 saturated carbocycles. The van der Waals surface area contributed by atoms with Crippen molar-refractivity contribution >= 4 is 18.3 Å². The molecule has 4 rings (SSSR count). The van der Waals surface area contributed by atoms with Crippen molar-refractivity contribution in [3.8, 4) is 0 Å². The van der Waals surface area contributed by atoms with E-state index in [0.717, 1.165) is 16.7 Å². The van der Waals surface area contributed by atoms with E-state index in [1.165, 1.54) is 8.96 Å². The van der Waals surface area contributed by atoms with Crippen molar-refractivity contribution in [2.45, 2.75) is 34.6 Å². The molecule has 0 amide bonds. The maximum atomic E-state index is 15.4. The normalized spacial score (nSPS) is 18.4. The van der Waals surface area contributed by atoms with Crippen molar-refractivity contribution in [3.05, 3.63) is 64.1 Å². The van der Waals surface area contributed by atoms with Crippen molar-refractivity contribution < 1.29 is 13.1 Å². The van der Waals surface area contributed by atoms with Gasteiger partial charge in [-0.25, -0.2) is 9.97 Å². The Morgan fingerprint density at radius 3 is 2.52 bits per heavy atom. The zero-order valence-electron chi connectivity index (χ0n) is 14.9. The SMILES string of the molecule is CC1=CC(C)=[N+]2C1=C(c1ccnc(C)n1)c1c(C)cc(C)n1[B-]2(F)F. The molecule has 0 atom stereocenters. The van der Waals surface area contributed by atoms with Crippen LogP contribution in [0.5, 0.6) is 0 Å². The molecule has 0 spiro atoms. The second-order valence-corrected chi connectivity index (χ2v) is 6.83. The highest BCUT2D eigenvalue weighted by Gasteiger charge is 2.55. The lowest BCUT2D eigenvalue weighted by molar-refractivity contribution is -0.363. The lowest BCUT2D eigenvalue weighted by Crippen LogP contribution is -2.51. The van der Waals surface area contributed by atoms with Crippen molar-refractivity contribution in [2.24, 2.45) is 0 Å². The number of aromatic nitrogens is 3. The Bertz CT molecular complexity index is 1030. The number of halogens is 2. The number of hydrogen-bond donors (Lipinski definition) is 0. The predicted octanol–water partition coefficient (Wildman–Crippen LogP) is 3.63. The summed E-state index contributed by atoms with van der Waals surface area (Å²) >= 11 is 0. The van der Waals surface area contributed by atoms with E-state index in [1.807, 2.05) is 26.0 Å². The summed E-state index contributed by atoms with van der Waals surface area (Å²) in [5, 5.41) is 0. The van der Waals surface area contributed by atoms with Gasteiger partial charge in [-0.3, -0.25) is 0 Å². The summed E-state index contributed by atoms with van der Waals surface area (Å²) in [6.45, 7) is 5.07. The molecule has 2 aliphatic rings. The van der Waals surface area contributed by atoms with Crippen molar-refractivity contribution in [1.82, 2.24) is 14.4 Å². The van der Waals surface area contributed by atoms with Gasteiger partial charge in [-0.15, -0.1) is 0 Å². The van der Waals surface area contributed by atoms with E-state index in [2.05, 4.69) is 9.97 Å². The molecule has 0 aromatic carbocycles. The average molecular weight is 340 g/mol. The van der Waals surface area contributed by atoms with Gasteiger partial charge >= 0.3 is 6.97 Å². The summed E-state index contributed by atoms with van der Waals surface area (Å²) in [5.74, 6) is 0.618. The van der Waals surface area contributed by atoms with Crippen LogP contribution in [0.1, 0.15) is 42.3 Å². The standard InChI is InChI=1S/C18H19BF2N4/c1-10-8-12(3)24-17(10)16(15-6-7-22-14(5)23-15)18-11(2)9-13(4)25(18)19(24,20)21/h6-9H,1-5H3. The van der Waals surface area contributed by atoms with Crippen molar-refractivity contribution in [2.75, 3.05) is 0 Å². The number of aryl methyl sites for hydroxylation is 3. The molecular weight excluding hydrogens is 321 g/mol. The molecule has 0 radical (unpaired) electrons. The van der Waals surface area contributed by atoms with Crippen LogP contribution < -0.4 is 0 Å². The van der Waals surface area contributed by atoms with Gasteiger partial charge in [-0.1, -0.05) is 0 Å². The van der Waals surface area contributed by atoms with E-state index in [4.69, 9.17) is 0 Å². The molecule has 2 aliphatic heterocycles. The van der Waals surface area contributed by atoms with E-state index < -0.39 is 6.97 Å². The third-order valence-corrected chi connectivity index (χ3v) is 4.97. The maximum Gasteiger partial charge on any atom is 0.737 e. The molecule has 0 bridgehead atoms. The summed E-state index contributed by atoms with van der Waals surface area (Å²) in [6, 6.07) is 3.60. The minimum Gasteiger partial charge on any atom is -0.393 e. The van der Waals surface area contributed by atoms with Crippen molar-refractivity contribution in [1.29, 1.82) is 0 Å². The first-order valence-corrected chi connectivity index (χ1v) is 8.30. The van der Waals surface area contributed by atoms with E-state index in [0.29, 0.717) is 34.3 Å². The second-order valence-electron chi connectivity index (χ2n) is 6.83. The molecule has 25 heavy (non-hydrogen) atoms. The average Bonchev–Trinajstić information content (AvgIpc) is 2.97. The van der Waals surface area contributed by atoms with Crippen LogP contribution in [0.15, 0.2) is 35.7 Å². The van der Waals surface area contributed by atoms with Crippen LogP contribution in [-0.4, -0.2) is 31.6 Å². The zero-order valence-corrected chi connectivity index (χ0v) is 14.9. The minimum atomic E-state index is -3.94. The largest absolute Gasteiger partial charge is 0.737 e. The van der Waals surface area contributed by atoms with E-state index in [-0.39, 0.29) is 0 Å². The number of allylic oxidation sites excluding steroid dienone is 2. The molecule has 4 nitrogen and oxygen atoms in total. The van der Waals surface area contributed by atoms with Gasteiger partial charge in [-0.2, -0.15) is 0 Å². The highest BCUT2D eigenvalue weighted by molar-refractivity contribution is 6.58. The highest BCUT2D eigenvalue weighted by atomic mass is 19.2. The van der Waals surface area contributed by atoms with Crippen LogP contribution in [0.3, 0.4) is 0 Å². The Hall–Kier alpha value is -2.57. The lowest BCUT2D eigenvalue weighted by atomic mass is 9.85. The van der Waals surface area contributed by atoms with Gasteiger partial charge in [0.25, 0.3) is 0 Å². The Morgan fingerprint density at radius 2 is 1.84 bits per heavy atom. The first kappa shape index (κ1) is 15.9. The van der Waals surface area contributed by atoms with Gasteiger partial charge in [0, 0.05) is 30.5 Å². The Morgan fingerprint density at radius 1 is 1.12 bits per heavy atom. The lowest BCUT2D eigenvalue weighted by Gasteiger charge is -2.33. The molecule has 0 N–H and O–H groups in total. The quantitative estimate of drug-likeness (QED) is 0.743. The monoisotopic (exact) mass is 340 g/mol. The second kappa shape index (κ2) is 4.97. The molecule has 7 heteroatoms. The minimum absolute atomic E-state index is 0.550. The Balaban J connectivity index is 2.19. The third-order valence-electron chi connectivity index (χ3n) is 4.97. The fraction of sp³-hybridized carbons (Fsp3) is 0.278. The van der Waals surface area contributed by atoms with Gasteiger partial charge in [0.1, 0.15) is 11.5 Å². The maximum absolute atomic E-state index is 15.4.